The topological polar surface area (TPSA) is 176 Å². The summed E-state index contributed by atoms with van der Waals surface area (Å²) in [5.41, 5.74) is 12.6. The number of pyridine rings is 2. The van der Waals surface area contributed by atoms with Gasteiger partial charge in [0.2, 0.25) is 5.76 Å². The fraction of sp³-hybridized carbons (Fsp3) is 0.190. The molecule has 0 saturated heterocycles. The molecular weight excluding hydrogens is 927 g/mol. The van der Waals surface area contributed by atoms with Crippen molar-refractivity contribution in [2.24, 2.45) is 9.98 Å². The van der Waals surface area contributed by atoms with Crippen LogP contribution in [0.1, 0.15) is 54.9 Å². The molecule has 0 fully saturated rings. The van der Waals surface area contributed by atoms with E-state index in [-0.39, 0.29) is 17.4 Å². The lowest BCUT2D eigenvalue weighted by atomic mass is 10.0. The number of nitrogens with two attached hydrogens (primary N) is 1. The molecule has 0 atom stereocenters. The number of halogens is 4. The molecule has 0 aliphatic carbocycles. The average Bonchev–Trinajstić information content (AvgIpc) is 4.00. The minimum Gasteiger partial charge on any atom is -0.475 e. The summed E-state index contributed by atoms with van der Waals surface area (Å²) in [5.74, 6) is 1.76. The molecule has 2 aromatic carbocycles. The van der Waals surface area contributed by atoms with Crippen molar-refractivity contribution in [3.63, 3.8) is 0 Å². The molecule has 0 radical (unpaired) electrons. The summed E-state index contributed by atoms with van der Waals surface area (Å²) in [6, 6.07) is 21.4. The molecule has 0 bridgehead atoms. The van der Waals surface area contributed by atoms with Crippen molar-refractivity contribution in [1.29, 1.82) is 0 Å². The Kier molecular flexibility index (Phi) is 14.2. The van der Waals surface area contributed by atoms with Gasteiger partial charge >= 0.3 is 5.97 Å². The number of carbonyl (C=O) groups excluding carboxylic acids is 1. The van der Waals surface area contributed by atoms with Gasteiger partial charge in [-0.2, -0.15) is 0 Å². The minimum absolute atomic E-state index is 0.00755. The van der Waals surface area contributed by atoms with Crippen molar-refractivity contribution in [1.82, 2.24) is 19.8 Å². The molecule has 6 heterocycles. The number of furan rings is 2. The number of carbonyl (C=O) groups is 2. The predicted molar refractivity (Wildman–Crippen MR) is 238 cm³/mol. The Morgan fingerprint density at radius 2 is 1.22 bits per heavy atom. The van der Waals surface area contributed by atoms with Crippen LogP contribution < -0.4 is 11.1 Å². The van der Waals surface area contributed by atoms with E-state index in [0.29, 0.717) is 52.5 Å². The highest BCUT2D eigenvalue weighted by molar-refractivity contribution is 9.10. The van der Waals surface area contributed by atoms with Gasteiger partial charge in [-0.05, 0) is 133 Å². The second-order valence-corrected chi connectivity index (χ2v) is 16.6. The first-order valence-corrected chi connectivity index (χ1v) is 20.3. The lowest BCUT2D eigenvalue weighted by Gasteiger charge is -2.09. The van der Waals surface area contributed by atoms with E-state index in [0.717, 1.165) is 60.6 Å². The normalized spacial score (nSPS) is 12.5. The number of nitrogens with one attached hydrogen (secondary N) is 1. The van der Waals surface area contributed by atoms with E-state index < -0.39 is 5.97 Å². The highest BCUT2D eigenvalue weighted by Gasteiger charge is 2.22. The van der Waals surface area contributed by atoms with Crippen molar-refractivity contribution < 1.29 is 23.5 Å². The highest BCUT2D eigenvalue weighted by Crippen LogP contribution is 2.33. The molecule has 4 aromatic heterocycles. The van der Waals surface area contributed by atoms with Gasteiger partial charge < -0.3 is 34.8 Å². The van der Waals surface area contributed by atoms with Crippen molar-refractivity contribution in [2.45, 2.75) is 25.9 Å². The number of aromatic nitrogens is 2. The number of fused-ring (bicyclic) bond motifs is 2. The highest BCUT2D eigenvalue weighted by atomic mass is 79.9. The fourth-order valence-electron chi connectivity index (χ4n) is 5.98. The standard InChI is InChI=1S/C21H18BrClN4O2.C13H9BrClN3.C8H11NO3/c1-27(2)11-15-4-6-19(29-15)21(28)25-14-3-5-17(23)16(9-14)18-8-12-7-13(22)10-24-20(12)26-18;14-8-3-7-4-12(18-13(7)17-6-8)10-5-9(16)1-2-11(10)15;1-9(2)5-6-3-4-7(12-6)8(10)11/h3-7,9-10H,8,11H2,1-2H3,(H,25,28);1-3,5-6H,4,16H2;3-4H,5H2,1-2H3,(H,10,11). The molecule has 2 aliphatic heterocycles. The first kappa shape index (κ1) is 43.4. The van der Waals surface area contributed by atoms with E-state index in [1.165, 1.54) is 6.07 Å². The zero-order chi connectivity index (χ0) is 42.4. The fourth-order valence-corrected chi connectivity index (χ4v) is 7.19. The Balaban J connectivity index is 0.000000165. The van der Waals surface area contributed by atoms with Crippen LogP contribution in [0.4, 0.5) is 23.0 Å². The number of nitrogens with zero attached hydrogens (tertiary/aromatic N) is 6. The van der Waals surface area contributed by atoms with Gasteiger partial charge in [0.25, 0.3) is 5.91 Å². The van der Waals surface area contributed by atoms with Gasteiger partial charge in [-0.3, -0.25) is 4.79 Å². The summed E-state index contributed by atoms with van der Waals surface area (Å²) in [6.45, 7) is 1.25. The van der Waals surface area contributed by atoms with Crippen molar-refractivity contribution in [2.75, 3.05) is 39.2 Å². The maximum absolute atomic E-state index is 12.5. The molecule has 1 amide bonds. The van der Waals surface area contributed by atoms with E-state index in [9.17, 15) is 9.59 Å². The number of hydrogen-bond acceptors (Lipinski definition) is 11. The third-order valence-corrected chi connectivity index (χ3v) is 10.1. The van der Waals surface area contributed by atoms with Gasteiger partial charge in [-0.15, -0.1) is 0 Å². The zero-order valence-electron chi connectivity index (χ0n) is 32.3. The molecule has 0 spiro atoms. The molecule has 59 heavy (non-hydrogen) atoms. The molecule has 6 aromatic rings. The van der Waals surface area contributed by atoms with Crippen LogP contribution in [0.25, 0.3) is 0 Å². The van der Waals surface area contributed by atoms with Crippen molar-refractivity contribution >= 4 is 101 Å². The lowest BCUT2D eigenvalue weighted by Crippen LogP contribution is -2.12. The minimum atomic E-state index is -1.03. The number of aliphatic imine (C=N–C) groups is 2. The Bertz CT molecular complexity index is 2590. The predicted octanol–water partition coefficient (Wildman–Crippen LogP) is 9.88. The number of hydrogen-bond donors (Lipinski definition) is 3. The van der Waals surface area contributed by atoms with Crippen LogP contribution in [-0.4, -0.2) is 76.4 Å². The maximum Gasteiger partial charge on any atom is 0.371 e. The van der Waals surface area contributed by atoms with E-state index in [4.69, 9.17) is 42.9 Å². The van der Waals surface area contributed by atoms with Crippen LogP contribution >= 0.6 is 55.1 Å². The number of carboxylic acids is 1. The summed E-state index contributed by atoms with van der Waals surface area (Å²) in [7, 11) is 7.66. The summed E-state index contributed by atoms with van der Waals surface area (Å²) in [6.07, 6.45) is 4.82. The van der Waals surface area contributed by atoms with Crippen LogP contribution in [-0.2, 0) is 25.9 Å². The van der Waals surface area contributed by atoms with Crippen LogP contribution in [0.5, 0.6) is 0 Å². The molecular formula is C42H38Br2Cl2N8O5. The van der Waals surface area contributed by atoms with Gasteiger partial charge in [-0.25, -0.2) is 24.7 Å². The summed E-state index contributed by atoms with van der Waals surface area (Å²) in [5, 5.41) is 12.6. The quantitative estimate of drug-likeness (QED) is 0.118. The van der Waals surface area contributed by atoms with Gasteiger partial charge in [-0.1, -0.05) is 23.2 Å². The van der Waals surface area contributed by atoms with Gasteiger partial charge in [0.1, 0.15) is 11.5 Å². The first-order valence-electron chi connectivity index (χ1n) is 17.9. The average molecular weight is 966 g/mol. The molecule has 0 saturated carbocycles. The third kappa shape index (κ3) is 11.5. The van der Waals surface area contributed by atoms with Crippen LogP contribution in [0.2, 0.25) is 10.0 Å². The number of aromatic carboxylic acids is 1. The number of nitrogen functional groups attached to an aromatic ring is 1. The number of carboxylic acid groups (broad SMARTS) is 1. The SMILES string of the molecule is CN(C)Cc1ccc(C(=O)Nc2ccc(Cl)c(C3=Nc4ncc(Br)cc4C3)c2)o1.CN(C)Cc1ccc(C(=O)O)o1.Nc1ccc(Cl)c(C2=Nc3ncc(Br)cc3C2)c1. The maximum atomic E-state index is 12.5. The lowest BCUT2D eigenvalue weighted by molar-refractivity contribution is 0.0659. The molecule has 8 rings (SSSR count). The largest absolute Gasteiger partial charge is 0.475 e. The monoisotopic (exact) mass is 962 g/mol. The first-order chi connectivity index (χ1) is 28.1. The Labute approximate surface area is 367 Å². The van der Waals surface area contributed by atoms with E-state index >= 15 is 0 Å². The molecule has 4 N–H and O–H groups in total. The van der Waals surface area contributed by atoms with Crippen molar-refractivity contribution in [3.8, 4) is 0 Å². The molecule has 13 nitrogen and oxygen atoms in total. The number of amides is 1. The molecule has 17 heteroatoms. The third-order valence-electron chi connectivity index (χ3n) is 8.55. The van der Waals surface area contributed by atoms with Crippen LogP contribution in [0, 0.1) is 0 Å². The summed E-state index contributed by atoms with van der Waals surface area (Å²) < 4.78 is 12.5. The number of anilines is 2. The number of rotatable bonds is 9. The van der Waals surface area contributed by atoms with Crippen molar-refractivity contribution in [3.05, 3.63) is 149 Å². The van der Waals surface area contributed by atoms with Gasteiger partial charge in [0, 0.05) is 77.9 Å². The Morgan fingerprint density at radius 3 is 1.73 bits per heavy atom. The second kappa shape index (κ2) is 19.3. The second-order valence-electron chi connectivity index (χ2n) is 13.9. The van der Waals surface area contributed by atoms with Crippen LogP contribution in [0.3, 0.4) is 0 Å². The zero-order valence-corrected chi connectivity index (χ0v) is 36.9. The smallest absolute Gasteiger partial charge is 0.371 e. The van der Waals surface area contributed by atoms with Gasteiger partial charge in [0.15, 0.2) is 17.4 Å². The van der Waals surface area contributed by atoms with E-state index in [1.54, 1.807) is 54.9 Å². The Morgan fingerprint density at radius 1 is 0.729 bits per heavy atom. The molecule has 0 unspecified atom stereocenters. The van der Waals surface area contributed by atoms with E-state index in [1.807, 2.05) is 62.3 Å². The Hall–Kier alpha value is -5.16. The molecule has 2 aliphatic rings. The van der Waals surface area contributed by atoms with Gasteiger partial charge in [0.05, 0.1) is 24.5 Å². The number of benzene rings is 2. The van der Waals surface area contributed by atoms with Crippen LogP contribution in [0.15, 0.2) is 113 Å². The summed E-state index contributed by atoms with van der Waals surface area (Å²) >= 11 is 19.4. The molecule has 304 valence electrons. The summed E-state index contributed by atoms with van der Waals surface area (Å²) in [4.78, 5) is 44.5. The van der Waals surface area contributed by atoms with E-state index in [2.05, 4.69) is 57.1 Å².